The van der Waals surface area contributed by atoms with Crippen molar-refractivity contribution in [2.24, 2.45) is 10.9 Å². The van der Waals surface area contributed by atoms with Gasteiger partial charge in [0.1, 0.15) is 35.4 Å². The van der Waals surface area contributed by atoms with Crippen molar-refractivity contribution >= 4 is 57.7 Å². The van der Waals surface area contributed by atoms with Crippen molar-refractivity contribution < 1.29 is 28.8 Å². The number of carbonyl (C=O) groups excluding carboxylic acids is 3. The van der Waals surface area contributed by atoms with E-state index in [0.717, 1.165) is 67.9 Å². The third-order valence-corrected chi connectivity index (χ3v) is 15.5. The number of amides is 3. The fraction of sp³-hybridized carbons (Fsp3) is 0.429. The van der Waals surface area contributed by atoms with Gasteiger partial charge >= 0.3 is 0 Å². The monoisotopic (exact) mass is 978 g/mol. The summed E-state index contributed by atoms with van der Waals surface area (Å²) in [5.74, 6) is 0.227. The maximum Gasteiger partial charge on any atom is 0.254 e. The average Bonchev–Trinajstić information content (AvgIpc) is 4.19. The van der Waals surface area contributed by atoms with Crippen LogP contribution >= 0.6 is 34.3 Å². The van der Waals surface area contributed by atoms with Crippen LogP contribution in [0.25, 0.3) is 15.4 Å². The van der Waals surface area contributed by atoms with E-state index in [1.165, 1.54) is 9.78 Å². The Morgan fingerprint density at radius 1 is 1.01 bits per heavy atom. The molecular formula is C49H55ClN10O6S2. The maximum atomic E-state index is 14.2. The minimum absolute atomic E-state index is 0.0375. The Morgan fingerprint density at radius 2 is 1.78 bits per heavy atom. The molecule has 0 saturated carbocycles. The molecule has 356 valence electrons. The number of nitrogens with one attached hydrogen (secondary N) is 2. The number of halogens is 1. The predicted octanol–water partition coefficient (Wildman–Crippen LogP) is 6.90. The van der Waals surface area contributed by atoms with E-state index >= 15 is 0 Å². The number of benzene rings is 2. The van der Waals surface area contributed by atoms with Crippen LogP contribution in [0.1, 0.15) is 95.3 Å². The molecule has 2 fully saturated rings. The number of likely N-dealkylation sites (tertiary alicyclic amines) is 2. The summed E-state index contributed by atoms with van der Waals surface area (Å²) in [7, 11) is 0. The highest BCUT2D eigenvalue weighted by molar-refractivity contribution is 7.15. The van der Waals surface area contributed by atoms with Gasteiger partial charge in [0.05, 0.1) is 34.3 Å². The van der Waals surface area contributed by atoms with Crippen LogP contribution in [0.2, 0.25) is 5.02 Å². The molecule has 3 aliphatic heterocycles. The molecule has 7 heterocycles. The van der Waals surface area contributed by atoms with Gasteiger partial charge in [-0.2, -0.15) is 0 Å². The summed E-state index contributed by atoms with van der Waals surface area (Å²) >= 11 is 9.53. The fourth-order valence-corrected chi connectivity index (χ4v) is 11.5. The zero-order valence-electron chi connectivity index (χ0n) is 38.9. The number of fused-ring (bicyclic) bond motifs is 3. The van der Waals surface area contributed by atoms with Crippen molar-refractivity contribution in [3.8, 4) is 21.3 Å². The van der Waals surface area contributed by atoms with Crippen LogP contribution in [0.4, 0.5) is 0 Å². The molecule has 4 aromatic heterocycles. The number of carbonyl (C=O) groups is 3. The number of nitrogens with zero attached hydrogens (tertiary/aromatic N) is 8. The van der Waals surface area contributed by atoms with Crippen molar-refractivity contribution in [1.82, 2.24) is 45.3 Å². The Balaban J connectivity index is 0.776. The smallest absolute Gasteiger partial charge is 0.254 e. The summed E-state index contributed by atoms with van der Waals surface area (Å²) in [5, 5.41) is 31.6. The lowest BCUT2D eigenvalue weighted by Crippen LogP contribution is -2.48. The summed E-state index contributed by atoms with van der Waals surface area (Å²) in [6, 6.07) is 15.8. The van der Waals surface area contributed by atoms with Gasteiger partial charge in [0.15, 0.2) is 11.6 Å². The third-order valence-electron chi connectivity index (χ3n) is 13.1. The molecule has 0 aliphatic carbocycles. The quantitative estimate of drug-likeness (QED) is 0.0970. The minimum Gasteiger partial charge on any atom is -0.474 e. The molecule has 0 radical (unpaired) electrons. The van der Waals surface area contributed by atoms with Gasteiger partial charge in [-0.05, 0) is 74.0 Å². The molecular weight excluding hydrogens is 924 g/mol. The van der Waals surface area contributed by atoms with Crippen molar-refractivity contribution in [3.63, 3.8) is 0 Å². The van der Waals surface area contributed by atoms with E-state index in [-0.39, 0.29) is 61.5 Å². The molecule has 1 unspecified atom stereocenters. The number of aliphatic hydroxyl groups excluding tert-OH is 1. The van der Waals surface area contributed by atoms with Gasteiger partial charge in [-0.1, -0.05) is 61.8 Å². The van der Waals surface area contributed by atoms with Gasteiger partial charge in [0.25, 0.3) is 5.88 Å². The third kappa shape index (κ3) is 9.87. The number of ether oxygens (including phenoxy) is 1. The van der Waals surface area contributed by atoms with Gasteiger partial charge in [0.2, 0.25) is 17.7 Å². The first kappa shape index (κ1) is 47.3. The van der Waals surface area contributed by atoms with E-state index in [9.17, 15) is 19.5 Å². The summed E-state index contributed by atoms with van der Waals surface area (Å²) < 4.78 is 13.8. The van der Waals surface area contributed by atoms with Crippen LogP contribution in [0, 0.1) is 33.6 Å². The second-order valence-corrected chi connectivity index (χ2v) is 20.7. The summed E-state index contributed by atoms with van der Waals surface area (Å²) in [6.45, 7) is 14.5. The SMILES string of the molecule is Cc1ncsc1-c1ccc(CNC(=O)[C@@H]2C[C@@H](O)CN2C(=O)C(c2cc(OCCN3CC[C@@H](NC(=O)C[C@@H]4N=C(c5ccc(Cl)cc5)c5c(sc(C)c5C)-n5c(C)nnc54)C3)no2)C(C)C)cc1. The number of rotatable bonds is 15. The number of thiophene rings is 1. The van der Waals surface area contributed by atoms with Crippen LogP contribution in [-0.4, -0.2) is 114 Å². The van der Waals surface area contributed by atoms with Gasteiger partial charge in [0, 0.05) is 72.3 Å². The van der Waals surface area contributed by atoms with Gasteiger partial charge in [-0.15, -0.1) is 32.9 Å². The average molecular weight is 980 g/mol. The molecule has 19 heteroatoms. The van der Waals surface area contributed by atoms with Crippen molar-refractivity contribution in [2.45, 2.75) is 97.5 Å². The number of β-amino-alcohol motifs (C(OH)–C–C–N with tert-alkyl or cyclic N) is 1. The lowest BCUT2D eigenvalue weighted by Gasteiger charge is -2.28. The number of hydrogen-bond donors (Lipinski definition) is 3. The van der Waals surface area contributed by atoms with Crippen LogP contribution in [0.3, 0.4) is 0 Å². The Kier molecular flexibility index (Phi) is 13.9. The van der Waals surface area contributed by atoms with E-state index in [0.29, 0.717) is 36.3 Å². The van der Waals surface area contributed by atoms with Crippen LogP contribution in [0.15, 0.2) is 69.6 Å². The van der Waals surface area contributed by atoms with Crippen LogP contribution in [0.5, 0.6) is 5.88 Å². The highest BCUT2D eigenvalue weighted by Crippen LogP contribution is 2.40. The number of aromatic nitrogens is 5. The van der Waals surface area contributed by atoms with Crippen molar-refractivity contribution in [3.05, 3.63) is 115 Å². The zero-order valence-corrected chi connectivity index (χ0v) is 41.3. The molecule has 2 aromatic carbocycles. The first-order valence-corrected chi connectivity index (χ1v) is 25.0. The molecule has 68 heavy (non-hydrogen) atoms. The Bertz CT molecular complexity index is 2830. The molecule has 6 aromatic rings. The molecule has 9 rings (SSSR count). The molecule has 3 N–H and O–H groups in total. The van der Waals surface area contributed by atoms with Crippen molar-refractivity contribution in [2.75, 3.05) is 32.8 Å². The van der Waals surface area contributed by atoms with E-state index < -0.39 is 24.1 Å². The number of aliphatic hydroxyl groups is 1. The first-order valence-electron chi connectivity index (χ1n) is 23.0. The topological polar surface area (TPSA) is 193 Å². The summed E-state index contributed by atoms with van der Waals surface area (Å²) in [6.07, 6.45) is 0.181. The van der Waals surface area contributed by atoms with Crippen LogP contribution in [-0.2, 0) is 20.9 Å². The molecule has 5 atom stereocenters. The fourth-order valence-electron chi connectivity index (χ4n) is 9.39. The van der Waals surface area contributed by atoms with E-state index in [2.05, 4.69) is 49.7 Å². The number of aryl methyl sites for hydroxylation is 3. The van der Waals surface area contributed by atoms with Gasteiger partial charge < -0.3 is 29.9 Å². The van der Waals surface area contributed by atoms with Gasteiger partial charge in [-0.25, -0.2) is 4.98 Å². The molecule has 3 amide bonds. The molecule has 3 aliphatic rings. The molecule has 16 nitrogen and oxygen atoms in total. The van der Waals surface area contributed by atoms with Gasteiger partial charge in [-0.3, -0.25) is 28.8 Å². The normalized spacial score (nSPS) is 19.7. The Morgan fingerprint density at radius 3 is 2.51 bits per heavy atom. The Hall–Kier alpha value is -5.79. The highest BCUT2D eigenvalue weighted by Gasteiger charge is 2.43. The minimum atomic E-state index is -0.836. The lowest BCUT2D eigenvalue weighted by molar-refractivity contribution is -0.141. The standard InChI is InChI=1S/C49H55ClN10O6S2/c1-26(2)42(48(64)59-24-36(61)19-38(59)47(63)51-22-31-7-9-33(10-8-31)45-28(4)52-25-67-45)39-21-41(57-66-39)65-18-17-58-16-15-35(23-58)53-40(62)20-37-46-56-55-30(6)60(46)49-43(27(3)29(5)68-49)44(54-37)32-11-13-34(50)14-12-32/h7-14,21,25-26,35-38,42,61H,15-20,22-24H2,1-6H3,(H,51,63)(H,53,62)/t35-,36-,37+,38+,42?/m1/s1. The highest BCUT2D eigenvalue weighted by atomic mass is 35.5. The number of thiazole rings is 1. The number of hydrogen-bond acceptors (Lipinski definition) is 14. The largest absolute Gasteiger partial charge is 0.474 e. The van der Waals surface area contributed by atoms with E-state index in [4.69, 9.17) is 25.9 Å². The van der Waals surface area contributed by atoms with E-state index in [1.807, 2.05) is 86.3 Å². The molecule has 0 spiro atoms. The number of aliphatic imine (C=N–C) groups is 1. The zero-order chi connectivity index (χ0) is 47.8. The maximum absolute atomic E-state index is 14.2. The van der Waals surface area contributed by atoms with E-state index in [1.54, 1.807) is 28.7 Å². The Labute approximate surface area is 407 Å². The molecule has 2 saturated heterocycles. The van der Waals surface area contributed by atoms with Crippen molar-refractivity contribution in [1.29, 1.82) is 0 Å². The first-order chi connectivity index (χ1) is 32.7. The second-order valence-electron chi connectivity index (χ2n) is 18.2. The summed E-state index contributed by atoms with van der Waals surface area (Å²) in [5.41, 5.74) is 8.63. The van der Waals surface area contributed by atoms with Crippen LogP contribution < -0.4 is 15.4 Å². The lowest BCUT2D eigenvalue weighted by atomic mass is 9.91. The molecule has 0 bridgehead atoms. The predicted molar refractivity (Wildman–Crippen MR) is 261 cm³/mol. The second kappa shape index (κ2) is 20.0. The summed E-state index contributed by atoms with van der Waals surface area (Å²) in [4.78, 5) is 57.0.